The van der Waals surface area contributed by atoms with Gasteiger partial charge in [-0.3, -0.25) is 29.4 Å². The van der Waals surface area contributed by atoms with Gasteiger partial charge in [0.1, 0.15) is 12.1 Å². The van der Waals surface area contributed by atoms with E-state index in [-0.39, 0.29) is 19.1 Å². The molecule has 0 bridgehead atoms. The van der Waals surface area contributed by atoms with Gasteiger partial charge in [-0.1, -0.05) is 35.9 Å². The molecule has 0 radical (unpaired) electrons. The van der Waals surface area contributed by atoms with E-state index < -0.39 is 41.2 Å². The van der Waals surface area contributed by atoms with Gasteiger partial charge in [0, 0.05) is 22.3 Å². The number of hydrogen-bond acceptors (Lipinski definition) is 7. The number of halogens is 1. The van der Waals surface area contributed by atoms with Crippen molar-refractivity contribution >= 4 is 58.4 Å². The zero-order valence-corrected chi connectivity index (χ0v) is 21.5. The highest BCUT2D eigenvalue weighted by molar-refractivity contribution is 7.98. The molecule has 3 aliphatic rings. The predicted octanol–water partition coefficient (Wildman–Crippen LogP) is 2.98. The largest absolute Gasteiger partial charge is 0.465 e. The summed E-state index contributed by atoms with van der Waals surface area (Å²) in [4.78, 5) is 56.9. The normalized spacial score (nSPS) is 26.6. The number of esters is 1. The summed E-state index contributed by atoms with van der Waals surface area (Å²) in [6.45, 7) is 1.61. The number of benzene rings is 2. The maximum Gasteiger partial charge on any atom is 0.326 e. The molecular weight excluding hydrogens is 502 g/mol. The van der Waals surface area contributed by atoms with Crippen molar-refractivity contribution in [1.82, 2.24) is 5.32 Å². The minimum atomic E-state index is -1.46. The Balaban J connectivity index is 1.63. The van der Waals surface area contributed by atoms with Crippen LogP contribution in [0.25, 0.3) is 0 Å². The summed E-state index contributed by atoms with van der Waals surface area (Å²) in [5, 5.41) is 3.84. The van der Waals surface area contributed by atoms with Gasteiger partial charge in [-0.05, 0) is 49.6 Å². The number of fused-ring (bicyclic) bond motifs is 4. The van der Waals surface area contributed by atoms with Crippen LogP contribution in [0.2, 0.25) is 5.02 Å². The maximum absolute atomic E-state index is 14.2. The van der Waals surface area contributed by atoms with Gasteiger partial charge >= 0.3 is 5.97 Å². The van der Waals surface area contributed by atoms with Crippen LogP contribution in [0.3, 0.4) is 0 Å². The molecule has 3 aliphatic heterocycles. The Morgan fingerprint density at radius 3 is 2.64 bits per heavy atom. The molecule has 0 aromatic heterocycles. The molecule has 10 heteroatoms. The maximum atomic E-state index is 14.2. The number of hydrogen-bond donors (Lipinski definition) is 1. The SMILES string of the molecule is CCOC(=O)CN1C(=O)[C@]2(N[C@@H](CCSC)[C@H]3C(=O)N(c4cccc(Cl)c4)C(=O)[C@H]32)c2ccccc21. The first kappa shape index (κ1) is 24.8. The summed E-state index contributed by atoms with van der Waals surface area (Å²) < 4.78 is 5.11. The Kier molecular flexibility index (Phi) is 6.57. The van der Waals surface area contributed by atoms with Crippen LogP contribution in [-0.2, 0) is 29.5 Å². The van der Waals surface area contributed by atoms with Crippen molar-refractivity contribution < 1.29 is 23.9 Å². The van der Waals surface area contributed by atoms with E-state index in [1.54, 1.807) is 67.2 Å². The van der Waals surface area contributed by atoms with Crippen molar-refractivity contribution in [2.45, 2.75) is 24.9 Å². The fraction of sp³-hybridized carbons (Fsp3) is 0.385. The Morgan fingerprint density at radius 2 is 1.92 bits per heavy atom. The molecule has 8 nitrogen and oxygen atoms in total. The summed E-state index contributed by atoms with van der Waals surface area (Å²) in [5.41, 5.74) is 0.0493. The van der Waals surface area contributed by atoms with Crippen LogP contribution < -0.4 is 15.1 Å². The van der Waals surface area contributed by atoms with Crippen molar-refractivity contribution in [3.63, 3.8) is 0 Å². The molecule has 1 N–H and O–H groups in total. The molecule has 1 spiro atoms. The third kappa shape index (κ3) is 3.64. The topological polar surface area (TPSA) is 96.0 Å². The number of nitrogens with zero attached hydrogens (tertiary/aromatic N) is 2. The Labute approximate surface area is 218 Å². The van der Waals surface area contributed by atoms with Crippen molar-refractivity contribution in [2.24, 2.45) is 11.8 Å². The third-order valence-electron chi connectivity index (χ3n) is 7.16. The molecule has 4 atom stereocenters. The van der Waals surface area contributed by atoms with Gasteiger partial charge in [0.05, 0.1) is 24.1 Å². The van der Waals surface area contributed by atoms with Gasteiger partial charge in [-0.25, -0.2) is 4.90 Å². The summed E-state index contributed by atoms with van der Waals surface area (Å²) in [5.74, 6) is -2.71. The summed E-state index contributed by atoms with van der Waals surface area (Å²) in [6.07, 6.45) is 2.57. The highest BCUT2D eigenvalue weighted by atomic mass is 35.5. The third-order valence-corrected chi connectivity index (χ3v) is 8.04. The van der Waals surface area contributed by atoms with E-state index >= 15 is 0 Å². The van der Waals surface area contributed by atoms with Gasteiger partial charge in [0.25, 0.3) is 5.91 Å². The van der Waals surface area contributed by atoms with Gasteiger partial charge in [0.15, 0.2) is 0 Å². The van der Waals surface area contributed by atoms with Crippen LogP contribution in [-0.4, -0.2) is 54.9 Å². The molecular formula is C26H26ClN3O5S. The smallest absolute Gasteiger partial charge is 0.326 e. The summed E-state index contributed by atoms with van der Waals surface area (Å²) in [6, 6.07) is 13.3. The van der Waals surface area contributed by atoms with E-state index in [0.29, 0.717) is 28.4 Å². The number of para-hydroxylation sites is 1. The molecule has 0 unspecified atom stereocenters. The molecule has 2 saturated heterocycles. The zero-order valence-electron chi connectivity index (χ0n) is 19.9. The highest BCUT2D eigenvalue weighted by Gasteiger charge is 2.71. The molecule has 188 valence electrons. The van der Waals surface area contributed by atoms with Gasteiger partial charge in [-0.2, -0.15) is 11.8 Å². The van der Waals surface area contributed by atoms with E-state index in [9.17, 15) is 19.2 Å². The number of ether oxygens (including phenoxy) is 1. The first-order chi connectivity index (χ1) is 17.3. The monoisotopic (exact) mass is 527 g/mol. The first-order valence-corrected chi connectivity index (χ1v) is 13.6. The Hall–Kier alpha value is -2.88. The Bertz CT molecular complexity index is 1260. The van der Waals surface area contributed by atoms with Crippen LogP contribution in [0.15, 0.2) is 48.5 Å². The van der Waals surface area contributed by atoms with Crippen LogP contribution >= 0.6 is 23.4 Å². The van der Waals surface area contributed by atoms with Crippen molar-refractivity contribution in [3.8, 4) is 0 Å². The van der Waals surface area contributed by atoms with E-state index in [0.717, 1.165) is 5.75 Å². The molecule has 2 fully saturated rings. The number of thioether (sulfide) groups is 1. The minimum Gasteiger partial charge on any atom is -0.465 e. The molecule has 5 rings (SSSR count). The Morgan fingerprint density at radius 1 is 1.14 bits per heavy atom. The lowest BCUT2D eigenvalue weighted by molar-refractivity contribution is -0.142. The van der Waals surface area contributed by atoms with E-state index in [4.69, 9.17) is 16.3 Å². The molecule has 2 aromatic rings. The van der Waals surface area contributed by atoms with E-state index in [1.165, 1.54) is 9.80 Å². The van der Waals surface area contributed by atoms with Gasteiger partial charge in [-0.15, -0.1) is 0 Å². The molecule has 0 saturated carbocycles. The molecule has 3 amide bonds. The van der Waals surface area contributed by atoms with Crippen LogP contribution in [0.1, 0.15) is 18.9 Å². The van der Waals surface area contributed by atoms with Gasteiger partial charge in [0.2, 0.25) is 11.8 Å². The lowest BCUT2D eigenvalue weighted by Crippen LogP contribution is -2.55. The lowest BCUT2D eigenvalue weighted by atomic mass is 9.76. The van der Waals surface area contributed by atoms with Crippen molar-refractivity contribution in [2.75, 3.05) is 35.0 Å². The van der Waals surface area contributed by atoms with Crippen LogP contribution in [0, 0.1) is 11.8 Å². The zero-order chi connectivity index (χ0) is 25.6. The fourth-order valence-electron chi connectivity index (χ4n) is 5.80. The average molecular weight is 528 g/mol. The standard InChI is InChI=1S/C26H26ClN3O5S/c1-3-35-20(31)14-29-19-10-5-4-9-17(19)26(25(29)34)22-21(18(28-26)11-12-36-2)23(32)30(24(22)33)16-8-6-7-15(27)13-16/h4-10,13,18,21-22,28H,3,11-12,14H2,1-2H3/t18-,21+,22-,26-/m0/s1. The molecule has 3 heterocycles. The fourth-order valence-corrected chi connectivity index (χ4v) is 6.48. The summed E-state index contributed by atoms with van der Waals surface area (Å²) in [7, 11) is 0. The van der Waals surface area contributed by atoms with Crippen molar-refractivity contribution in [3.05, 3.63) is 59.1 Å². The van der Waals surface area contributed by atoms with Crippen LogP contribution in [0.4, 0.5) is 11.4 Å². The van der Waals surface area contributed by atoms with Gasteiger partial charge < -0.3 is 4.74 Å². The first-order valence-electron chi connectivity index (χ1n) is 11.8. The molecule has 36 heavy (non-hydrogen) atoms. The number of nitrogens with one attached hydrogen (secondary N) is 1. The van der Waals surface area contributed by atoms with E-state index in [1.807, 2.05) is 6.26 Å². The second-order valence-corrected chi connectivity index (χ2v) is 10.5. The number of imide groups is 1. The predicted molar refractivity (Wildman–Crippen MR) is 138 cm³/mol. The number of amides is 3. The number of carbonyl (C=O) groups is 4. The lowest BCUT2D eigenvalue weighted by Gasteiger charge is -2.30. The highest BCUT2D eigenvalue weighted by Crippen LogP contribution is 2.55. The second kappa shape index (κ2) is 9.53. The second-order valence-electron chi connectivity index (χ2n) is 9.05. The van der Waals surface area contributed by atoms with Crippen LogP contribution in [0.5, 0.6) is 0 Å². The molecule has 0 aliphatic carbocycles. The minimum absolute atomic E-state index is 0.189. The number of anilines is 2. The quantitative estimate of drug-likeness (QED) is 0.437. The van der Waals surface area contributed by atoms with E-state index in [2.05, 4.69) is 5.32 Å². The number of carbonyl (C=O) groups excluding carboxylic acids is 4. The van der Waals surface area contributed by atoms with Crippen molar-refractivity contribution in [1.29, 1.82) is 0 Å². The number of rotatable bonds is 7. The molecule has 2 aromatic carbocycles. The summed E-state index contributed by atoms with van der Waals surface area (Å²) >= 11 is 7.80. The average Bonchev–Trinajstić information content (AvgIpc) is 3.42.